The molecule has 2 atom stereocenters. The summed E-state index contributed by atoms with van der Waals surface area (Å²) in [5.74, 6) is 0.142. The number of amides is 2. The lowest BCUT2D eigenvalue weighted by Crippen LogP contribution is -2.36. The summed E-state index contributed by atoms with van der Waals surface area (Å²) >= 11 is 7.09. The molecule has 12 heteroatoms. The van der Waals surface area contributed by atoms with Crippen molar-refractivity contribution in [2.45, 2.75) is 44.7 Å². The maximum Gasteiger partial charge on any atom is 0.279 e. The van der Waals surface area contributed by atoms with Gasteiger partial charge in [-0.15, -0.1) is 0 Å². The molecule has 0 radical (unpaired) electrons. The Hall–Kier alpha value is -4.74. The number of anilines is 2. The highest BCUT2D eigenvalue weighted by molar-refractivity contribution is 6.36. The van der Waals surface area contributed by atoms with Gasteiger partial charge in [-0.3, -0.25) is 14.4 Å². The summed E-state index contributed by atoms with van der Waals surface area (Å²) in [5.41, 5.74) is 11.7. The standard InChI is InChI=1S/C33H34ClN7O4/c1-17-20(6-5-9-24(17)38-31(43)23-15-27(35)40-41(2)33(23)44)21-7-4-8-22(30(21)34)26-14-18-10-12-25(29(18)32(39-26)45-3)36-16-19-11-13-28(42)37-19/h4-9,14-15,19,25,36H,10-13,16H2,1-3H3,(H2,35,40)(H,37,42)(H,38,43). The van der Waals surface area contributed by atoms with Gasteiger partial charge in [-0.2, -0.15) is 5.10 Å². The summed E-state index contributed by atoms with van der Waals surface area (Å²) in [4.78, 5) is 42.1. The summed E-state index contributed by atoms with van der Waals surface area (Å²) in [6.07, 6.45) is 3.17. The van der Waals surface area contributed by atoms with Crippen LogP contribution >= 0.6 is 11.6 Å². The minimum Gasteiger partial charge on any atom is -0.481 e. The summed E-state index contributed by atoms with van der Waals surface area (Å²) in [6, 6.07) is 14.9. The van der Waals surface area contributed by atoms with E-state index in [-0.39, 0.29) is 29.4 Å². The van der Waals surface area contributed by atoms with Crippen LogP contribution in [0.15, 0.2) is 53.3 Å². The average molecular weight is 628 g/mol. The third kappa shape index (κ3) is 5.88. The van der Waals surface area contributed by atoms with Crippen LogP contribution in [0.3, 0.4) is 0 Å². The largest absolute Gasteiger partial charge is 0.481 e. The van der Waals surface area contributed by atoms with Crippen molar-refractivity contribution in [1.29, 1.82) is 0 Å². The second-order valence-corrected chi connectivity index (χ2v) is 11.8. The van der Waals surface area contributed by atoms with Gasteiger partial charge in [0.05, 0.1) is 17.8 Å². The number of aryl methyl sites for hydroxylation is 2. The van der Waals surface area contributed by atoms with E-state index in [1.807, 2.05) is 37.3 Å². The van der Waals surface area contributed by atoms with Crippen molar-refractivity contribution in [2.24, 2.45) is 7.05 Å². The Balaban J connectivity index is 1.29. The van der Waals surface area contributed by atoms with Crippen LogP contribution in [0.4, 0.5) is 11.5 Å². The number of benzene rings is 2. The van der Waals surface area contributed by atoms with Crippen LogP contribution in [0.5, 0.6) is 5.88 Å². The van der Waals surface area contributed by atoms with E-state index in [1.165, 1.54) is 13.1 Å². The van der Waals surface area contributed by atoms with Gasteiger partial charge < -0.3 is 26.4 Å². The Morgan fingerprint density at radius 2 is 1.87 bits per heavy atom. The molecule has 2 aromatic heterocycles. The van der Waals surface area contributed by atoms with E-state index in [0.717, 1.165) is 57.3 Å². The number of hydrogen-bond acceptors (Lipinski definition) is 8. The zero-order valence-corrected chi connectivity index (χ0v) is 26.0. The van der Waals surface area contributed by atoms with Crippen LogP contribution in [0.1, 0.15) is 52.4 Å². The lowest BCUT2D eigenvalue weighted by atomic mass is 9.96. The number of pyridine rings is 1. The number of halogens is 1. The van der Waals surface area contributed by atoms with Crippen LogP contribution in [-0.4, -0.2) is 46.3 Å². The number of carbonyl (C=O) groups excluding carboxylic acids is 2. The molecule has 2 amide bonds. The van der Waals surface area contributed by atoms with Crippen molar-refractivity contribution >= 4 is 34.9 Å². The molecule has 1 fully saturated rings. The zero-order chi connectivity index (χ0) is 31.8. The molecule has 2 aromatic carbocycles. The molecule has 6 rings (SSSR count). The van der Waals surface area contributed by atoms with Crippen LogP contribution < -0.4 is 32.0 Å². The number of nitrogens with zero attached hydrogens (tertiary/aromatic N) is 3. The van der Waals surface area contributed by atoms with Crippen LogP contribution in [0.2, 0.25) is 5.02 Å². The summed E-state index contributed by atoms with van der Waals surface area (Å²) in [5, 5.41) is 13.8. The first-order valence-corrected chi connectivity index (χ1v) is 15.2. The number of nitrogens with one attached hydrogen (secondary N) is 3. The fraction of sp³-hybridized carbons (Fsp3) is 0.303. The average Bonchev–Trinajstić information content (AvgIpc) is 3.64. The second kappa shape index (κ2) is 12.3. The fourth-order valence-electron chi connectivity index (χ4n) is 6.20. The molecule has 2 aliphatic rings. The van der Waals surface area contributed by atoms with E-state index < -0.39 is 11.5 Å². The summed E-state index contributed by atoms with van der Waals surface area (Å²) in [6.45, 7) is 2.58. The Bertz CT molecular complexity index is 1890. The van der Waals surface area contributed by atoms with Gasteiger partial charge in [0.2, 0.25) is 11.8 Å². The minimum absolute atomic E-state index is 0.0685. The number of methoxy groups -OCH3 is 1. The van der Waals surface area contributed by atoms with E-state index in [9.17, 15) is 14.4 Å². The van der Waals surface area contributed by atoms with Gasteiger partial charge >= 0.3 is 0 Å². The predicted octanol–water partition coefficient (Wildman–Crippen LogP) is 4.17. The van der Waals surface area contributed by atoms with Crippen molar-refractivity contribution in [3.8, 4) is 28.3 Å². The fourth-order valence-corrected chi connectivity index (χ4v) is 6.53. The number of hydrogen-bond donors (Lipinski definition) is 4. The number of carbonyl (C=O) groups is 2. The van der Waals surface area contributed by atoms with E-state index in [1.54, 1.807) is 13.2 Å². The third-order valence-corrected chi connectivity index (χ3v) is 8.93. The molecule has 4 aromatic rings. The molecule has 3 heterocycles. The summed E-state index contributed by atoms with van der Waals surface area (Å²) in [7, 11) is 3.06. The van der Waals surface area contributed by atoms with Gasteiger partial charge in [0.1, 0.15) is 11.4 Å². The van der Waals surface area contributed by atoms with Gasteiger partial charge in [-0.1, -0.05) is 41.9 Å². The molecular formula is C33H34ClN7O4. The van der Waals surface area contributed by atoms with E-state index in [0.29, 0.717) is 35.2 Å². The van der Waals surface area contributed by atoms with Gasteiger partial charge in [-0.05, 0) is 55.0 Å². The maximum atomic E-state index is 13.1. The summed E-state index contributed by atoms with van der Waals surface area (Å²) < 4.78 is 6.82. The topological polar surface area (TPSA) is 153 Å². The molecular weight excluding hydrogens is 594 g/mol. The lowest BCUT2D eigenvalue weighted by molar-refractivity contribution is -0.119. The maximum absolute atomic E-state index is 13.1. The van der Waals surface area contributed by atoms with Crippen LogP contribution in [0.25, 0.3) is 22.4 Å². The first-order chi connectivity index (χ1) is 21.6. The first kappa shape index (κ1) is 30.3. The first-order valence-electron chi connectivity index (χ1n) is 14.8. The molecule has 232 valence electrons. The predicted molar refractivity (Wildman–Crippen MR) is 173 cm³/mol. The molecule has 11 nitrogen and oxygen atoms in total. The number of rotatable bonds is 8. The van der Waals surface area contributed by atoms with Crippen LogP contribution in [-0.2, 0) is 18.3 Å². The van der Waals surface area contributed by atoms with Gasteiger partial charge in [-0.25, -0.2) is 9.67 Å². The second-order valence-electron chi connectivity index (χ2n) is 11.4. The van der Waals surface area contributed by atoms with E-state index in [4.69, 9.17) is 27.1 Å². The Morgan fingerprint density at radius 1 is 1.11 bits per heavy atom. The molecule has 45 heavy (non-hydrogen) atoms. The Morgan fingerprint density at radius 3 is 2.62 bits per heavy atom. The zero-order valence-electron chi connectivity index (χ0n) is 25.2. The molecule has 1 aliphatic heterocycles. The lowest BCUT2D eigenvalue weighted by Gasteiger charge is -2.20. The number of aromatic nitrogens is 3. The van der Waals surface area contributed by atoms with E-state index >= 15 is 0 Å². The smallest absolute Gasteiger partial charge is 0.279 e. The highest BCUT2D eigenvalue weighted by atomic mass is 35.5. The van der Waals surface area contributed by atoms with Crippen molar-refractivity contribution in [3.63, 3.8) is 0 Å². The molecule has 0 bridgehead atoms. The number of nitrogens with two attached hydrogens (primary N) is 1. The molecule has 2 unspecified atom stereocenters. The van der Waals surface area contributed by atoms with E-state index in [2.05, 4.69) is 27.1 Å². The highest BCUT2D eigenvalue weighted by Crippen LogP contribution is 2.43. The minimum atomic E-state index is -0.583. The van der Waals surface area contributed by atoms with Gasteiger partial charge in [0, 0.05) is 60.5 Å². The number of ether oxygens (including phenoxy) is 1. The molecule has 0 saturated carbocycles. The monoisotopic (exact) mass is 627 g/mol. The normalized spacial score (nSPS) is 17.2. The molecule has 1 aliphatic carbocycles. The number of nitrogen functional groups attached to an aromatic ring is 1. The van der Waals surface area contributed by atoms with Crippen molar-refractivity contribution < 1.29 is 14.3 Å². The van der Waals surface area contributed by atoms with Gasteiger partial charge in [0.15, 0.2) is 0 Å². The quantitative estimate of drug-likeness (QED) is 0.227. The van der Waals surface area contributed by atoms with Crippen molar-refractivity contribution in [3.05, 3.63) is 86.2 Å². The SMILES string of the molecule is COc1nc(-c2cccc(-c3cccc(NC(=O)c4cc(N)nn(C)c4=O)c3C)c2Cl)cc2c1C(NCC1CCC(=O)N1)CC2. The van der Waals surface area contributed by atoms with Gasteiger partial charge in [0.25, 0.3) is 11.5 Å². The molecule has 1 saturated heterocycles. The van der Waals surface area contributed by atoms with Crippen molar-refractivity contribution in [2.75, 3.05) is 24.7 Å². The Kier molecular flexibility index (Phi) is 8.30. The van der Waals surface area contributed by atoms with Crippen molar-refractivity contribution in [1.82, 2.24) is 25.4 Å². The van der Waals surface area contributed by atoms with Crippen LogP contribution in [0, 0.1) is 6.92 Å². The molecule has 0 spiro atoms. The number of fused-ring (bicyclic) bond motifs is 1. The third-order valence-electron chi connectivity index (χ3n) is 8.52. The Labute approximate surface area is 265 Å². The molecule has 5 N–H and O–H groups in total. The highest BCUT2D eigenvalue weighted by Gasteiger charge is 2.30.